The molecule has 2 aromatic rings. The Morgan fingerprint density at radius 3 is 2.60 bits per heavy atom. The zero-order chi connectivity index (χ0) is 14.6. The topological polar surface area (TPSA) is 29.1 Å². The summed E-state index contributed by atoms with van der Waals surface area (Å²) in [4.78, 5) is 12.1. The first-order valence-electron chi connectivity index (χ1n) is 6.52. The Hall–Kier alpha value is -1.26. The van der Waals surface area contributed by atoms with Crippen LogP contribution in [-0.4, -0.2) is 11.7 Å². The van der Waals surface area contributed by atoms with Crippen molar-refractivity contribution in [3.8, 4) is 0 Å². The monoisotopic (exact) mass is 305 g/mol. The molecular formula is C16H19NOS2. The molecule has 0 aliphatic carbocycles. The molecule has 106 valence electrons. The molecule has 20 heavy (non-hydrogen) atoms. The van der Waals surface area contributed by atoms with E-state index in [-0.39, 0.29) is 11.3 Å². The van der Waals surface area contributed by atoms with E-state index >= 15 is 0 Å². The van der Waals surface area contributed by atoms with Gasteiger partial charge in [0.2, 0.25) is 5.91 Å². The Kier molecular flexibility index (Phi) is 4.89. The zero-order valence-electron chi connectivity index (χ0n) is 12.0. The minimum Gasteiger partial charge on any atom is -0.325 e. The Bertz CT molecular complexity index is 570. The molecule has 1 N–H and O–H groups in total. The molecule has 1 amide bonds. The lowest BCUT2D eigenvalue weighted by atomic mass is 9.86. The molecule has 2 nitrogen and oxygen atoms in total. The van der Waals surface area contributed by atoms with Crippen molar-refractivity contribution in [1.29, 1.82) is 0 Å². The highest BCUT2D eigenvalue weighted by molar-refractivity contribution is 8.01. The van der Waals surface area contributed by atoms with Gasteiger partial charge in [-0.15, -0.1) is 23.1 Å². The van der Waals surface area contributed by atoms with E-state index in [1.54, 1.807) is 23.1 Å². The molecular weight excluding hydrogens is 286 g/mol. The van der Waals surface area contributed by atoms with Crippen LogP contribution < -0.4 is 5.32 Å². The summed E-state index contributed by atoms with van der Waals surface area (Å²) in [5, 5.41) is 5.05. The van der Waals surface area contributed by atoms with Gasteiger partial charge in [0.25, 0.3) is 0 Å². The van der Waals surface area contributed by atoms with Crippen LogP contribution in [0.2, 0.25) is 0 Å². The third-order valence-corrected chi connectivity index (χ3v) is 4.98. The highest BCUT2D eigenvalue weighted by atomic mass is 32.2. The highest BCUT2D eigenvalue weighted by Gasteiger charge is 2.18. The number of thiophene rings is 1. The Labute approximate surface area is 128 Å². The molecule has 0 aliphatic heterocycles. The summed E-state index contributed by atoms with van der Waals surface area (Å²) in [6.07, 6.45) is 0. The van der Waals surface area contributed by atoms with Gasteiger partial charge in [-0.05, 0) is 28.5 Å². The van der Waals surface area contributed by atoms with Gasteiger partial charge in [0.15, 0.2) is 0 Å². The first kappa shape index (κ1) is 15.1. The molecule has 0 bridgehead atoms. The number of carbonyl (C=O) groups is 1. The van der Waals surface area contributed by atoms with Crippen LogP contribution in [0.5, 0.6) is 0 Å². The Morgan fingerprint density at radius 1 is 1.20 bits per heavy atom. The largest absolute Gasteiger partial charge is 0.325 e. The van der Waals surface area contributed by atoms with Crippen molar-refractivity contribution in [3.05, 3.63) is 47.3 Å². The summed E-state index contributed by atoms with van der Waals surface area (Å²) in [6.45, 7) is 6.45. The van der Waals surface area contributed by atoms with E-state index in [1.807, 2.05) is 35.7 Å². The summed E-state index contributed by atoms with van der Waals surface area (Å²) < 4.78 is 1.17. The number of rotatable bonds is 4. The Morgan fingerprint density at radius 2 is 1.95 bits per heavy atom. The van der Waals surface area contributed by atoms with Crippen LogP contribution in [-0.2, 0) is 10.2 Å². The van der Waals surface area contributed by atoms with E-state index in [0.29, 0.717) is 5.75 Å². The van der Waals surface area contributed by atoms with Gasteiger partial charge in [-0.2, -0.15) is 0 Å². The maximum Gasteiger partial charge on any atom is 0.234 e. The molecule has 2 rings (SSSR count). The predicted molar refractivity (Wildman–Crippen MR) is 88.8 cm³/mol. The van der Waals surface area contributed by atoms with E-state index in [9.17, 15) is 4.79 Å². The van der Waals surface area contributed by atoms with Crippen molar-refractivity contribution in [3.63, 3.8) is 0 Å². The predicted octanol–water partition coefficient (Wildman–Crippen LogP) is 4.78. The third kappa shape index (κ3) is 4.12. The SMILES string of the molecule is CC(C)(C)c1ccccc1NC(=O)CSc1cccs1. The van der Waals surface area contributed by atoms with Gasteiger partial charge in [0, 0.05) is 5.69 Å². The maximum atomic E-state index is 12.1. The fourth-order valence-electron chi connectivity index (χ4n) is 1.91. The summed E-state index contributed by atoms with van der Waals surface area (Å²) in [7, 11) is 0. The molecule has 1 heterocycles. The average Bonchev–Trinajstić information content (AvgIpc) is 2.89. The van der Waals surface area contributed by atoms with Crippen molar-refractivity contribution in [2.24, 2.45) is 0 Å². The quantitative estimate of drug-likeness (QED) is 0.824. The lowest BCUT2D eigenvalue weighted by Crippen LogP contribution is -2.19. The number of para-hydroxylation sites is 1. The van der Waals surface area contributed by atoms with Gasteiger partial charge in [0.1, 0.15) is 0 Å². The van der Waals surface area contributed by atoms with Crippen molar-refractivity contribution in [1.82, 2.24) is 0 Å². The summed E-state index contributed by atoms with van der Waals surface area (Å²) in [6, 6.07) is 12.0. The number of amides is 1. The average molecular weight is 305 g/mol. The molecule has 0 spiro atoms. The van der Waals surface area contributed by atoms with Gasteiger partial charge < -0.3 is 5.32 Å². The minimum absolute atomic E-state index is 0.0186. The molecule has 0 saturated carbocycles. The second-order valence-electron chi connectivity index (χ2n) is 5.56. The number of hydrogen-bond acceptors (Lipinski definition) is 3. The van der Waals surface area contributed by atoms with Crippen LogP contribution in [0.4, 0.5) is 5.69 Å². The van der Waals surface area contributed by atoms with E-state index in [4.69, 9.17) is 0 Å². The first-order chi connectivity index (χ1) is 9.47. The summed E-state index contributed by atoms with van der Waals surface area (Å²) >= 11 is 3.24. The lowest BCUT2D eigenvalue weighted by molar-refractivity contribution is -0.113. The van der Waals surface area contributed by atoms with Gasteiger partial charge in [-0.25, -0.2) is 0 Å². The second-order valence-corrected chi connectivity index (χ2v) is 7.79. The molecule has 0 aliphatic rings. The number of carbonyl (C=O) groups excluding carboxylic acids is 1. The van der Waals surface area contributed by atoms with Crippen LogP contribution in [0.15, 0.2) is 46.0 Å². The smallest absolute Gasteiger partial charge is 0.234 e. The van der Waals surface area contributed by atoms with Crippen molar-refractivity contribution < 1.29 is 4.79 Å². The maximum absolute atomic E-state index is 12.1. The normalized spacial score (nSPS) is 11.3. The van der Waals surface area contributed by atoms with Crippen molar-refractivity contribution in [2.45, 2.75) is 30.4 Å². The molecule has 1 aromatic heterocycles. The molecule has 0 saturated heterocycles. The van der Waals surface area contributed by atoms with Crippen LogP contribution in [0.1, 0.15) is 26.3 Å². The molecule has 0 atom stereocenters. The summed E-state index contributed by atoms with van der Waals surface area (Å²) in [5.74, 6) is 0.485. The van der Waals surface area contributed by atoms with E-state index < -0.39 is 0 Å². The number of nitrogens with one attached hydrogen (secondary N) is 1. The van der Waals surface area contributed by atoms with Crippen LogP contribution in [0.3, 0.4) is 0 Å². The van der Waals surface area contributed by atoms with Gasteiger partial charge >= 0.3 is 0 Å². The van der Waals surface area contributed by atoms with Gasteiger partial charge in [-0.3, -0.25) is 4.79 Å². The van der Waals surface area contributed by atoms with Gasteiger partial charge in [0.05, 0.1) is 9.96 Å². The van der Waals surface area contributed by atoms with E-state index in [1.165, 1.54) is 4.21 Å². The number of anilines is 1. The number of thioether (sulfide) groups is 1. The fourth-order valence-corrected chi connectivity index (χ4v) is 3.50. The lowest BCUT2D eigenvalue weighted by Gasteiger charge is -2.22. The van der Waals surface area contributed by atoms with Crippen molar-refractivity contribution in [2.75, 3.05) is 11.1 Å². The second kappa shape index (κ2) is 6.46. The molecule has 1 aromatic carbocycles. The first-order valence-corrected chi connectivity index (χ1v) is 8.39. The van der Waals surface area contributed by atoms with Crippen LogP contribution >= 0.6 is 23.1 Å². The van der Waals surface area contributed by atoms with Crippen LogP contribution in [0.25, 0.3) is 0 Å². The fraction of sp³-hybridized carbons (Fsp3) is 0.312. The third-order valence-electron chi connectivity index (χ3n) is 2.85. The van der Waals surface area contributed by atoms with Crippen LogP contribution in [0, 0.1) is 0 Å². The van der Waals surface area contributed by atoms with E-state index in [0.717, 1.165) is 11.3 Å². The van der Waals surface area contributed by atoms with E-state index in [2.05, 4.69) is 32.2 Å². The number of benzene rings is 1. The number of hydrogen-bond donors (Lipinski definition) is 1. The zero-order valence-corrected chi connectivity index (χ0v) is 13.6. The Balaban J connectivity index is 2.01. The summed E-state index contributed by atoms with van der Waals surface area (Å²) in [5.41, 5.74) is 2.09. The minimum atomic E-state index is 0.0186. The van der Waals surface area contributed by atoms with Gasteiger partial charge in [-0.1, -0.05) is 45.0 Å². The van der Waals surface area contributed by atoms with Crippen molar-refractivity contribution >= 4 is 34.7 Å². The molecule has 0 fully saturated rings. The highest BCUT2D eigenvalue weighted by Crippen LogP contribution is 2.29. The standard InChI is InChI=1S/C16H19NOS2/c1-16(2,3)12-7-4-5-8-13(12)17-14(18)11-20-15-9-6-10-19-15/h4-10H,11H2,1-3H3,(H,17,18). The molecule has 0 radical (unpaired) electrons. The molecule has 4 heteroatoms. The molecule has 0 unspecified atom stereocenters.